The quantitative estimate of drug-likeness (QED) is 0.853. The number of aliphatic carboxylic acids is 1. The smallest absolute Gasteiger partial charge is 0.433 e. The van der Waals surface area contributed by atoms with Gasteiger partial charge in [-0.1, -0.05) is 0 Å². The van der Waals surface area contributed by atoms with Crippen LogP contribution in [0.1, 0.15) is 11.3 Å². The zero-order chi connectivity index (χ0) is 16.0. The summed E-state index contributed by atoms with van der Waals surface area (Å²) in [5.41, 5.74) is -2.77. The largest absolute Gasteiger partial charge is 0.481 e. The second-order valence-electron chi connectivity index (χ2n) is 4.50. The van der Waals surface area contributed by atoms with E-state index in [0.717, 1.165) is 4.90 Å². The van der Waals surface area contributed by atoms with Gasteiger partial charge in [0.05, 0.1) is 11.5 Å². The molecule has 0 bridgehead atoms. The highest BCUT2D eigenvalue weighted by molar-refractivity contribution is 5.74. The molecule has 0 radical (unpaired) electrons. The Morgan fingerprint density at radius 3 is 2.14 bits per heavy atom. The van der Waals surface area contributed by atoms with Gasteiger partial charge in [-0.15, -0.1) is 0 Å². The first-order valence-corrected chi connectivity index (χ1v) is 5.63. The molecule has 1 aliphatic rings. The first-order valence-electron chi connectivity index (χ1n) is 5.63. The average molecular weight is 314 g/mol. The predicted molar refractivity (Wildman–Crippen MR) is 57.6 cm³/mol. The van der Waals surface area contributed by atoms with Crippen molar-refractivity contribution in [1.29, 1.82) is 0 Å². The number of carbonyl (C=O) groups is 1. The lowest BCUT2D eigenvalue weighted by molar-refractivity contribution is -0.145. The van der Waals surface area contributed by atoms with Crippen LogP contribution in [0.3, 0.4) is 0 Å². The molecule has 1 fully saturated rings. The van der Waals surface area contributed by atoms with E-state index in [1.165, 1.54) is 0 Å². The van der Waals surface area contributed by atoms with Crippen LogP contribution >= 0.6 is 0 Å². The van der Waals surface area contributed by atoms with Crippen molar-refractivity contribution in [3.63, 3.8) is 0 Å². The van der Waals surface area contributed by atoms with Gasteiger partial charge in [0, 0.05) is 13.1 Å². The Morgan fingerprint density at radius 1 is 1.14 bits per heavy atom. The lowest BCUT2D eigenvalue weighted by atomic mass is 9.99. The number of rotatable bonds is 2. The molecule has 0 atom stereocenters. The monoisotopic (exact) mass is 314 g/mol. The molecule has 2 heterocycles. The van der Waals surface area contributed by atoms with E-state index < -0.39 is 41.3 Å². The van der Waals surface area contributed by atoms with Gasteiger partial charge in [0.25, 0.3) is 0 Å². The van der Waals surface area contributed by atoms with Crippen molar-refractivity contribution in [2.75, 3.05) is 18.0 Å². The normalized spacial score (nSPS) is 16.8. The number of aromatic nitrogens is 1. The maximum absolute atomic E-state index is 12.8. The Bertz CT molecular complexity index is 563. The molecular formula is C11H8F6N2O2. The van der Waals surface area contributed by atoms with Gasteiger partial charge in [-0.2, -0.15) is 26.3 Å². The number of nitrogens with zero attached hydrogens (tertiary/aromatic N) is 2. The average Bonchev–Trinajstić information content (AvgIpc) is 2.23. The van der Waals surface area contributed by atoms with Crippen LogP contribution in [0.5, 0.6) is 0 Å². The van der Waals surface area contributed by atoms with E-state index in [1.807, 2.05) is 0 Å². The molecule has 21 heavy (non-hydrogen) atoms. The zero-order valence-corrected chi connectivity index (χ0v) is 10.2. The van der Waals surface area contributed by atoms with Crippen molar-refractivity contribution in [3.8, 4) is 0 Å². The van der Waals surface area contributed by atoms with Gasteiger partial charge in [-0.25, -0.2) is 4.98 Å². The highest BCUT2D eigenvalue weighted by Crippen LogP contribution is 2.40. The van der Waals surface area contributed by atoms with Gasteiger partial charge in [-0.3, -0.25) is 4.79 Å². The molecule has 10 heteroatoms. The zero-order valence-electron chi connectivity index (χ0n) is 10.2. The molecule has 1 aromatic rings. The fourth-order valence-electron chi connectivity index (χ4n) is 1.88. The number of alkyl halides is 6. The molecule has 2 rings (SSSR count). The Kier molecular flexibility index (Phi) is 3.50. The van der Waals surface area contributed by atoms with E-state index in [9.17, 15) is 31.1 Å². The van der Waals surface area contributed by atoms with Gasteiger partial charge in [0.15, 0.2) is 0 Å². The molecule has 1 aliphatic heterocycles. The fraction of sp³-hybridized carbons (Fsp3) is 0.455. The number of hydrogen-bond acceptors (Lipinski definition) is 3. The predicted octanol–water partition coefficient (Wildman–Crippen LogP) is 2.64. The highest BCUT2D eigenvalue weighted by atomic mass is 19.4. The third-order valence-electron chi connectivity index (χ3n) is 3.00. The highest BCUT2D eigenvalue weighted by Gasteiger charge is 2.43. The molecule has 1 saturated heterocycles. The molecule has 0 aliphatic carbocycles. The van der Waals surface area contributed by atoms with Crippen LogP contribution < -0.4 is 4.90 Å². The third-order valence-corrected chi connectivity index (χ3v) is 3.00. The number of carboxylic acid groups (broad SMARTS) is 1. The molecule has 0 spiro atoms. The minimum Gasteiger partial charge on any atom is -0.481 e. The van der Waals surface area contributed by atoms with Gasteiger partial charge in [0.2, 0.25) is 0 Å². The summed E-state index contributed by atoms with van der Waals surface area (Å²) in [6.07, 6.45) is -9.75. The molecule has 116 valence electrons. The molecule has 1 aromatic heterocycles. The molecule has 0 saturated carbocycles. The van der Waals surface area contributed by atoms with Crippen molar-refractivity contribution < 1.29 is 36.2 Å². The van der Waals surface area contributed by atoms with Crippen LogP contribution in [0.15, 0.2) is 12.1 Å². The number of carboxylic acids is 1. The number of pyridine rings is 1. The lowest BCUT2D eigenvalue weighted by Crippen LogP contribution is -2.51. The molecule has 0 unspecified atom stereocenters. The number of hydrogen-bond donors (Lipinski definition) is 1. The molecule has 0 aromatic carbocycles. The topological polar surface area (TPSA) is 53.4 Å². The van der Waals surface area contributed by atoms with Crippen molar-refractivity contribution in [2.24, 2.45) is 5.92 Å². The SMILES string of the molecule is O=C(O)C1CN(c2nc(C(F)(F)F)ccc2C(F)(F)F)C1. The molecular weight excluding hydrogens is 306 g/mol. The second kappa shape index (κ2) is 4.78. The van der Waals surface area contributed by atoms with E-state index in [0.29, 0.717) is 6.07 Å². The summed E-state index contributed by atoms with van der Waals surface area (Å²) < 4.78 is 76.0. The Morgan fingerprint density at radius 2 is 1.71 bits per heavy atom. The Labute approximate surface area is 114 Å². The van der Waals surface area contributed by atoms with Crippen molar-refractivity contribution in [2.45, 2.75) is 12.4 Å². The van der Waals surface area contributed by atoms with E-state index in [2.05, 4.69) is 4.98 Å². The maximum atomic E-state index is 12.8. The summed E-state index contributed by atoms with van der Waals surface area (Å²) in [7, 11) is 0. The van der Waals surface area contributed by atoms with Crippen molar-refractivity contribution in [3.05, 3.63) is 23.4 Å². The summed E-state index contributed by atoms with van der Waals surface area (Å²) in [4.78, 5) is 14.5. The standard InChI is InChI=1S/C11H8F6N2O2/c12-10(13,14)6-1-2-7(11(15,16)17)18-8(6)19-3-5(4-19)9(20)21/h1-2,5H,3-4H2,(H,20,21). The van der Waals surface area contributed by atoms with Crippen LogP contribution in [-0.4, -0.2) is 29.1 Å². The van der Waals surface area contributed by atoms with Crippen LogP contribution in [0.4, 0.5) is 32.2 Å². The Balaban J connectivity index is 2.39. The summed E-state index contributed by atoms with van der Waals surface area (Å²) in [5.74, 6) is -3.02. The summed E-state index contributed by atoms with van der Waals surface area (Å²) in [6, 6.07) is 0.556. The minimum atomic E-state index is -4.88. The van der Waals surface area contributed by atoms with Gasteiger partial charge in [-0.05, 0) is 12.1 Å². The van der Waals surface area contributed by atoms with E-state index >= 15 is 0 Å². The minimum absolute atomic E-state index is 0.251. The van der Waals surface area contributed by atoms with Gasteiger partial charge in [0.1, 0.15) is 11.5 Å². The van der Waals surface area contributed by atoms with Crippen LogP contribution in [0, 0.1) is 5.92 Å². The van der Waals surface area contributed by atoms with Gasteiger partial charge < -0.3 is 10.0 Å². The van der Waals surface area contributed by atoms with Crippen LogP contribution in [0.25, 0.3) is 0 Å². The maximum Gasteiger partial charge on any atom is 0.433 e. The molecule has 1 N–H and O–H groups in total. The first kappa shape index (κ1) is 15.4. The Hall–Kier alpha value is -2.00. The van der Waals surface area contributed by atoms with Crippen molar-refractivity contribution in [1.82, 2.24) is 4.98 Å². The fourth-order valence-corrected chi connectivity index (χ4v) is 1.88. The summed E-state index contributed by atoms with van der Waals surface area (Å²) in [5, 5.41) is 8.66. The lowest BCUT2D eigenvalue weighted by Gasteiger charge is -2.38. The summed E-state index contributed by atoms with van der Waals surface area (Å²) in [6.45, 7) is -0.626. The molecule has 0 amide bonds. The van der Waals surface area contributed by atoms with Crippen LogP contribution in [0.2, 0.25) is 0 Å². The third kappa shape index (κ3) is 3.03. The van der Waals surface area contributed by atoms with E-state index in [-0.39, 0.29) is 19.2 Å². The van der Waals surface area contributed by atoms with Gasteiger partial charge >= 0.3 is 18.3 Å². The van der Waals surface area contributed by atoms with E-state index in [4.69, 9.17) is 5.11 Å². The first-order chi connectivity index (χ1) is 9.50. The van der Waals surface area contributed by atoms with Crippen LogP contribution in [-0.2, 0) is 17.1 Å². The molecule has 4 nitrogen and oxygen atoms in total. The van der Waals surface area contributed by atoms with E-state index in [1.54, 1.807) is 0 Å². The summed E-state index contributed by atoms with van der Waals surface area (Å²) >= 11 is 0. The number of halogens is 6. The number of anilines is 1. The van der Waals surface area contributed by atoms with Crippen molar-refractivity contribution >= 4 is 11.8 Å². The second-order valence-corrected chi connectivity index (χ2v) is 4.50.